The van der Waals surface area contributed by atoms with Gasteiger partial charge in [0, 0.05) is 18.7 Å². The van der Waals surface area contributed by atoms with E-state index in [4.69, 9.17) is 4.74 Å². The zero-order chi connectivity index (χ0) is 12.1. The molecule has 88 valence electrons. The first-order chi connectivity index (χ1) is 6.76. The molecule has 0 saturated carbocycles. The number of hydrogen-bond acceptors (Lipinski definition) is 3. The van der Waals surface area contributed by atoms with Gasteiger partial charge in [-0.25, -0.2) is 0 Å². The van der Waals surface area contributed by atoms with Crippen LogP contribution < -0.4 is 10.6 Å². The minimum atomic E-state index is -0.630. The number of carbonyl (C=O) groups excluding carboxylic acids is 2. The van der Waals surface area contributed by atoms with Gasteiger partial charge in [0.25, 0.3) is 0 Å². The fourth-order valence-corrected chi connectivity index (χ4v) is 0.978. The first-order valence-corrected chi connectivity index (χ1v) is 4.88. The van der Waals surface area contributed by atoms with Gasteiger partial charge in [-0.1, -0.05) is 0 Å². The molecule has 0 aliphatic rings. The number of methoxy groups -OCH3 is 1. The first kappa shape index (κ1) is 13.9. The van der Waals surface area contributed by atoms with E-state index >= 15 is 0 Å². The lowest BCUT2D eigenvalue weighted by atomic mass is 10.1. The van der Waals surface area contributed by atoms with Gasteiger partial charge in [0.2, 0.25) is 0 Å². The largest absolute Gasteiger partial charge is 0.383 e. The van der Waals surface area contributed by atoms with Gasteiger partial charge in [-0.15, -0.1) is 0 Å². The van der Waals surface area contributed by atoms with E-state index in [1.54, 1.807) is 6.92 Å². The van der Waals surface area contributed by atoms with Crippen molar-refractivity contribution < 1.29 is 14.3 Å². The number of rotatable bonds is 3. The van der Waals surface area contributed by atoms with Crippen LogP contribution in [0.5, 0.6) is 0 Å². The third kappa shape index (κ3) is 6.90. The molecule has 0 radical (unpaired) electrons. The minimum Gasteiger partial charge on any atom is -0.383 e. The van der Waals surface area contributed by atoms with Crippen molar-refractivity contribution in [2.24, 2.45) is 0 Å². The highest BCUT2D eigenvalue weighted by atomic mass is 16.5. The quantitative estimate of drug-likeness (QED) is 0.655. The minimum absolute atomic E-state index is 0.173. The summed E-state index contributed by atoms with van der Waals surface area (Å²) in [4.78, 5) is 22.7. The topological polar surface area (TPSA) is 67.4 Å². The zero-order valence-electron chi connectivity index (χ0n) is 10.0. The smallest absolute Gasteiger partial charge is 0.309 e. The number of amides is 2. The number of ether oxygens (including phenoxy) is 1. The molecule has 0 fully saturated rings. The fraction of sp³-hybridized carbons (Fsp3) is 0.800. The lowest BCUT2D eigenvalue weighted by Crippen LogP contribution is -2.50. The predicted molar refractivity (Wildman–Crippen MR) is 57.4 cm³/mol. The van der Waals surface area contributed by atoms with Crippen LogP contribution in [-0.4, -0.2) is 37.1 Å². The molecule has 0 heterocycles. The molecule has 0 spiro atoms. The molecule has 2 N–H and O–H groups in total. The molecule has 2 amide bonds. The summed E-state index contributed by atoms with van der Waals surface area (Å²) in [5.41, 5.74) is -0.404. The van der Waals surface area contributed by atoms with Crippen molar-refractivity contribution in [1.82, 2.24) is 10.6 Å². The Morgan fingerprint density at radius 3 is 2.20 bits per heavy atom. The summed E-state index contributed by atoms with van der Waals surface area (Å²) in [5, 5.41) is 5.10. The van der Waals surface area contributed by atoms with Crippen LogP contribution in [-0.2, 0) is 14.3 Å². The summed E-state index contributed by atoms with van der Waals surface area (Å²) in [6.07, 6.45) is 0. The average Bonchev–Trinajstić information content (AvgIpc) is 2.00. The molecule has 0 aromatic rings. The van der Waals surface area contributed by atoms with E-state index in [9.17, 15) is 9.59 Å². The first-order valence-electron chi connectivity index (χ1n) is 4.88. The van der Waals surface area contributed by atoms with E-state index in [0.29, 0.717) is 6.61 Å². The Hall–Kier alpha value is -1.10. The Bertz CT molecular complexity index is 233. The molecular weight excluding hydrogens is 196 g/mol. The van der Waals surface area contributed by atoms with Crippen LogP contribution in [0.4, 0.5) is 0 Å². The lowest BCUT2D eigenvalue weighted by molar-refractivity contribution is -0.140. The molecule has 0 rings (SSSR count). The van der Waals surface area contributed by atoms with Crippen LogP contribution in [0.15, 0.2) is 0 Å². The molecule has 0 aliphatic heterocycles. The zero-order valence-corrected chi connectivity index (χ0v) is 10.0. The van der Waals surface area contributed by atoms with E-state index < -0.39 is 17.4 Å². The normalized spacial score (nSPS) is 13.1. The molecule has 0 aliphatic carbocycles. The van der Waals surface area contributed by atoms with Gasteiger partial charge >= 0.3 is 11.8 Å². The highest BCUT2D eigenvalue weighted by Crippen LogP contribution is 1.97. The number of carbonyl (C=O) groups is 2. The lowest BCUT2D eigenvalue weighted by Gasteiger charge is -2.20. The highest BCUT2D eigenvalue weighted by molar-refractivity contribution is 6.35. The van der Waals surface area contributed by atoms with Gasteiger partial charge < -0.3 is 15.4 Å². The van der Waals surface area contributed by atoms with Crippen molar-refractivity contribution in [2.45, 2.75) is 39.3 Å². The SMILES string of the molecule is COC[C@H](C)NC(=O)C(=O)NC(C)(C)C. The van der Waals surface area contributed by atoms with Crippen LogP contribution in [0, 0.1) is 0 Å². The average molecular weight is 216 g/mol. The van der Waals surface area contributed by atoms with E-state index in [2.05, 4.69) is 10.6 Å². The van der Waals surface area contributed by atoms with Gasteiger partial charge in [-0.05, 0) is 27.7 Å². The van der Waals surface area contributed by atoms with Crippen molar-refractivity contribution in [2.75, 3.05) is 13.7 Å². The monoisotopic (exact) mass is 216 g/mol. The molecule has 0 aromatic heterocycles. The summed E-state index contributed by atoms with van der Waals surface area (Å²) in [7, 11) is 1.54. The predicted octanol–water partition coefficient (Wildman–Crippen LogP) is 0.0522. The molecule has 1 atom stereocenters. The molecule has 0 unspecified atom stereocenters. The summed E-state index contributed by atoms with van der Waals surface area (Å²) < 4.78 is 4.84. The summed E-state index contributed by atoms with van der Waals surface area (Å²) in [5.74, 6) is -1.25. The van der Waals surface area contributed by atoms with Gasteiger partial charge in [-0.3, -0.25) is 9.59 Å². The van der Waals surface area contributed by atoms with Crippen LogP contribution in [0.25, 0.3) is 0 Å². The standard InChI is InChI=1S/C10H20N2O3/c1-7(6-15-5)11-8(13)9(14)12-10(2,3)4/h7H,6H2,1-5H3,(H,11,13)(H,12,14)/t7-/m0/s1. The number of nitrogens with one attached hydrogen (secondary N) is 2. The van der Waals surface area contributed by atoms with Crippen molar-refractivity contribution in [1.29, 1.82) is 0 Å². The van der Waals surface area contributed by atoms with Crippen molar-refractivity contribution >= 4 is 11.8 Å². The summed E-state index contributed by atoms with van der Waals surface area (Å²) in [6.45, 7) is 7.60. The third-order valence-corrected chi connectivity index (χ3v) is 1.49. The van der Waals surface area contributed by atoms with Crippen molar-refractivity contribution in [3.8, 4) is 0 Å². The Kier molecular flexibility index (Phi) is 5.28. The van der Waals surface area contributed by atoms with Crippen molar-refractivity contribution in [3.05, 3.63) is 0 Å². The second-order valence-electron chi connectivity index (χ2n) is 4.53. The maximum Gasteiger partial charge on any atom is 0.309 e. The highest BCUT2D eigenvalue weighted by Gasteiger charge is 2.21. The van der Waals surface area contributed by atoms with E-state index in [1.165, 1.54) is 7.11 Å². The molecule has 0 saturated heterocycles. The molecule has 0 bridgehead atoms. The van der Waals surface area contributed by atoms with E-state index in [-0.39, 0.29) is 6.04 Å². The van der Waals surface area contributed by atoms with E-state index in [0.717, 1.165) is 0 Å². The molecule has 15 heavy (non-hydrogen) atoms. The Morgan fingerprint density at radius 1 is 1.27 bits per heavy atom. The van der Waals surface area contributed by atoms with Gasteiger partial charge in [0.05, 0.1) is 6.61 Å². The van der Waals surface area contributed by atoms with E-state index in [1.807, 2.05) is 20.8 Å². The van der Waals surface area contributed by atoms with Crippen LogP contribution in [0.3, 0.4) is 0 Å². The molecule has 0 aromatic carbocycles. The Morgan fingerprint density at radius 2 is 1.80 bits per heavy atom. The molecule has 5 nitrogen and oxygen atoms in total. The second-order valence-corrected chi connectivity index (χ2v) is 4.53. The van der Waals surface area contributed by atoms with Crippen molar-refractivity contribution in [3.63, 3.8) is 0 Å². The van der Waals surface area contributed by atoms with Gasteiger partial charge in [0.15, 0.2) is 0 Å². The third-order valence-electron chi connectivity index (χ3n) is 1.49. The second kappa shape index (κ2) is 5.70. The number of hydrogen-bond donors (Lipinski definition) is 2. The Labute approximate surface area is 90.6 Å². The summed E-state index contributed by atoms with van der Waals surface area (Å²) >= 11 is 0. The maximum atomic E-state index is 11.3. The van der Waals surface area contributed by atoms with Gasteiger partial charge in [-0.2, -0.15) is 0 Å². The van der Waals surface area contributed by atoms with Gasteiger partial charge in [0.1, 0.15) is 0 Å². The van der Waals surface area contributed by atoms with Crippen LogP contribution in [0.2, 0.25) is 0 Å². The van der Waals surface area contributed by atoms with Crippen LogP contribution >= 0.6 is 0 Å². The fourth-order valence-electron chi connectivity index (χ4n) is 0.978. The Balaban J connectivity index is 4.06. The molecule has 5 heteroatoms. The van der Waals surface area contributed by atoms with Crippen LogP contribution in [0.1, 0.15) is 27.7 Å². The molecular formula is C10H20N2O3. The maximum absolute atomic E-state index is 11.3. The summed E-state index contributed by atoms with van der Waals surface area (Å²) in [6, 6.07) is -0.173.